The van der Waals surface area contributed by atoms with Gasteiger partial charge >= 0.3 is 35.8 Å². The topological polar surface area (TPSA) is 259 Å². The Hall–Kier alpha value is -3.62. The summed E-state index contributed by atoms with van der Waals surface area (Å²) in [5.74, 6) is -6.71. The summed E-state index contributed by atoms with van der Waals surface area (Å²) < 4.78 is 66.7. The zero-order valence-corrected chi connectivity index (χ0v) is 50.2. The number of fused-ring (bicyclic) bond motifs is 6. The van der Waals surface area contributed by atoms with Crippen LogP contribution in [-0.4, -0.2) is 127 Å². The number of hydrogen-bond donors (Lipinski definition) is 0. The van der Waals surface area contributed by atoms with Crippen molar-refractivity contribution in [2.24, 2.45) is 71.0 Å². The van der Waals surface area contributed by atoms with E-state index in [1.807, 2.05) is 27.7 Å². The lowest BCUT2D eigenvalue weighted by molar-refractivity contribution is -0.576. The standard InChI is InChI=1S/C61H88O23/c1-31-10-13-41-34(4)44(28-45-59(41)38(31)22-25-56(7,76-45)79-82-59)71-49(65)18-16-46(62)68-29-37(70-48(64)20-21-51(67)73-53-36(6)43-15-12-33(3)40-24-27-58(9)78-55(75-53)61(40,43)84-81-58)30-69-47(63)17-19-50(66)72-52-35(5)42-14-11-32(2)39-23-26-57(8)77-54(74-52)60(39,42)83-80-57/h31-45,52-55H,10-30H2,1-9H3/t31-,32-,33-,34-,35-,36-,37?,38+,39+,40+,41+,42+,43+,44-,45+,52-,53-,54-,55-,56?,57?,58?,59-,60-,61-/m1/s1. The van der Waals surface area contributed by atoms with Crippen LogP contribution in [0, 0.1) is 71.0 Å². The lowest BCUT2D eigenvalue weighted by Gasteiger charge is -2.60. The Bertz CT molecular complexity index is 2400. The lowest BCUT2D eigenvalue weighted by Crippen LogP contribution is -2.70. The zero-order chi connectivity index (χ0) is 59.3. The third kappa shape index (κ3) is 10.8. The molecule has 6 bridgehead atoms. The first-order chi connectivity index (χ1) is 40.0. The van der Waals surface area contributed by atoms with Gasteiger partial charge in [0.25, 0.3) is 0 Å². The molecule has 15 aliphatic rings. The van der Waals surface area contributed by atoms with Gasteiger partial charge in [0, 0.05) is 55.3 Å². The minimum atomic E-state index is -1.35. The number of rotatable bonds is 17. The predicted molar refractivity (Wildman–Crippen MR) is 282 cm³/mol. The van der Waals surface area contributed by atoms with Crippen LogP contribution in [0.15, 0.2) is 0 Å². The first kappa shape index (κ1) is 60.7. The number of carbonyl (C=O) groups excluding carboxylic acids is 6. The molecular formula is C61H88O23. The summed E-state index contributed by atoms with van der Waals surface area (Å²) in [5.41, 5.74) is -2.35. The van der Waals surface area contributed by atoms with Crippen LogP contribution >= 0.6 is 0 Å². The molecular weight excluding hydrogens is 1100 g/mol. The molecule has 0 aromatic carbocycles. The Morgan fingerprint density at radius 2 is 0.798 bits per heavy atom. The SMILES string of the molecule is C[C@H]1[C@H](OC(=O)CCC(=O)OCC(COC(=O)CCC(=O)O[C@@H]2C[C@@H]3OC4(C)CC[C@H]5[C@H](C)CC[C@@H]([C@H]2C)[C@@]35OO4)OC(=O)CCC(=O)O[C@@H]2O[C@@H]3OC4(C)CC[C@H]5[C@H](C)CC[C@@H]([C@H]2C)[C@@]35OO4)O[C@@H]2OC3(C)CC[C@H]4[C@H](C)CC[C@@H]1[C@@]24OO3. The van der Waals surface area contributed by atoms with Crippen LogP contribution in [-0.2, 0) is 110 Å². The maximum Gasteiger partial charge on any atom is 0.308 e. The van der Waals surface area contributed by atoms with E-state index in [2.05, 4.69) is 27.7 Å². The Kier molecular flexibility index (Phi) is 16.7. The monoisotopic (exact) mass is 1190 g/mol. The van der Waals surface area contributed by atoms with Crippen LogP contribution in [0.5, 0.6) is 0 Å². The molecule has 15 fully saturated rings. The van der Waals surface area contributed by atoms with E-state index in [4.69, 9.17) is 81.4 Å². The summed E-state index contributed by atoms with van der Waals surface area (Å²) in [6, 6.07) is 0. The molecule has 84 heavy (non-hydrogen) atoms. The van der Waals surface area contributed by atoms with Crippen LogP contribution in [0.4, 0.5) is 0 Å². The number of carbonyl (C=O) groups is 6. The van der Waals surface area contributed by atoms with Gasteiger partial charge in [-0.3, -0.25) is 28.8 Å². The molecule has 11 aliphatic heterocycles. The number of ether oxygens (including phenoxy) is 11. The summed E-state index contributed by atoms with van der Waals surface area (Å²) >= 11 is 0. The van der Waals surface area contributed by atoms with Gasteiger partial charge in [0.05, 0.1) is 44.6 Å². The van der Waals surface area contributed by atoms with Crippen LogP contribution in [0.25, 0.3) is 0 Å². The zero-order valence-electron chi connectivity index (χ0n) is 50.2. The van der Waals surface area contributed by atoms with Gasteiger partial charge < -0.3 is 52.1 Å². The Balaban J connectivity index is 0.644. The molecule has 0 aromatic rings. The molecule has 4 unspecified atom stereocenters. The van der Waals surface area contributed by atoms with Crippen molar-refractivity contribution in [2.75, 3.05) is 13.2 Å². The molecule has 23 heteroatoms. The second-order valence-corrected chi connectivity index (χ2v) is 27.7. The summed E-state index contributed by atoms with van der Waals surface area (Å²) in [7, 11) is 0. The highest BCUT2D eigenvalue weighted by Crippen LogP contribution is 2.64. The van der Waals surface area contributed by atoms with E-state index in [9.17, 15) is 28.8 Å². The van der Waals surface area contributed by atoms with Crippen LogP contribution in [0.2, 0.25) is 0 Å². The average molecular weight is 1190 g/mol. The van der Waals surface area contributed by atoms with Gasteiger partial charge in [-0.15, -0.1) is 0 Å². The Labute approximate surface area is 490 Å². The van der Waals surface area contributed by atoms with E-state index < -0.39 is 140 Å². The minimum Gasteiger partial charge on any atom is -0.462 e. The molecule has 15 rings (SSSR count). The van der Waals surface area contributed by atoms with Crippen molar-refractivity contribution < 1.29 is 110 Å². The largest absolute Gasteiger partial charge is 0.462 e. The van der Waals surface area contributed by atoms with Gasteiger partial charge in [0.15, 0.2) is 35.7 Å². The van der Waals surface area contributed by atoms with Crippen LogP contribution < -0.4 is 0 Å². The third-order valence-corrected chi connectivity index (χ3v) is 22.3. The van der Waals surface area contributed by atoms with E-state index in [-0.39, 0.29) is 78.6 Å². The number of esters is 6. The maximum atomic E-state index is 13.5. The molecule has 3 spiro atoms. The van der Waals surface area contributed by atoms with Crippen LogP contribution in [0.1, 0.15) is 184 Å². The molecule has 11 saturated heterocycles. The quantitative estimate of drug-likeness (QED) is 0.0758. The highest BCUT2D eigenvalue weighted by Gasteiger charge is 2.73. The van der Waals surface area contributed by atoms with Crippen molar-refractivity contribution in [3.63, 3.8) is 0 Å². The number of hydrogen-bond acceptors (Lipinski definition) is 23. The van der Waals surface area contributed by atoms with Gasteiger partial charge in [-0.1, -0.05) is 41.5 Å². The maximum absolute atomic E-state index is 13.5. The van der Waals surface area contributed by atoms with Crippen molar-refractivity contribution in [3.05, 3.63) is 0 Å². The van der Waals surface area contributed by atoms with Gasteiger partial charge in [-0.2, -0.15) is 0 Å². The molecule has 25 atom stereocenters. The van der Waals surface area contributed by atoms with Crippen molar-refractivity contribution in [3.8, 4) is 0 Å². The van der Waals surface area contributed by atoms with Crippen molar-refractivity contribution in [1.29, 1.82) is 0 Å². The van der Waals surface area contributed by atoms with Gasteiger partial charge in [-0.25, -0.2) is 29.3 Å². The Morgan fingerprint density at radius 3 is 1.26 bits per heavy atom. The molecule has 0 N–H and O–H groups in total. The summed E-state index contributed by atoms with van der Waals surface area (Å²) in [4.78, 5) is 117. The highest BCUT2D eigenvalue weighted by atomic mass is 17.3. The average Bonchev–Trinajstić information content (AvgIpc) is 1.38. The molecule has 11 heterocycles. The highest BCUT2D eigenvalue weighted by molar-refractivity contribution is 5.79. The normalized spacial score (nSPS) is 47.8. The second-order valence-electron chi connectivity index (χ2n) is 27.7. The molecule has 23 nitrogen and oxygen atoms in total. The van der Waals surface area contributed by atoms with E-state index in [1.165, 1.54) is 0 Å². The van der Waals surface area contributed by atoms with Gasteiger partial charge in [0.1, 0.15) is 24.9 Å². The molecule has 0 amide bonds. The first-order valence-electron chi connectivity index (χ1n) is 31.5. The summed E-state index contributed by atoms with van der Waals surface area (Å²) in [5, 5.41) is 0. The van der Waals surface area contributed by atoms with Crippen molar-refractivity contribution in [2.45, 2.75) is 262 Å². The fraction of sp³-hybridized carbons (Fsp3) is 0.902. The lowest BCUT2D eigenvalue weighted by atomic mass is 9.53. The molecule has 4 saturated carbocycles. The third-order valence-electron chi connectivity index (χ3n) is 22.3. The smallest absolute Gasteiger partial charge is 0.308 e. The Morgan fingerprint density at radius 1 is 0.417 bits per heavy atom. The fourth-order valence-corrected chi connectivity index (χ4v) is 17.7. The summed E-state index contributed by atoms with van der Waals surface area (Å²) in [6.07, 6.45) is 2.23. The van der Waals surface area contributed by atoms with E-state index in [1.54, 1.807) is 6.92 Å². The molecule has 0 aromatic heterocycles. The van der Waals surface area contributed by atoms with Gasteiger partial charge in [-0.05, 0) is 120 Å². The van der Waals surface area contributed by atoms with Gasteiger partial charge in [0.2, 0.25) is 24.2 Å². The first-order valence-corrected chi connectivity index (χ1v) is 31.5. The van der Waals surface area contributed by atoms with Crippen LogP contribution in [0.3, 0.4) is 0 Å². The van der Waals surface area contributed by atoms with Crippen molar-refractivity contribution in [1.82, 2.24) is 0 Å². The molecule has 0 radical (unpaired) electrons. The molecule has 4 aliphatic carbocycles. The fourth-order valence-electron chi connectivity index (χ4n) is 17.7. The van der Waals surface area contributed by atoms with E-state index in [0.717, 1.165) is 57.8 Å². The second kappa shape index (κ2) is 23.1. The predicted octanol–water partition coefficient (Wildman–Crippen LogP) is 8.04. The summed E-state index contributed by atoms with van der Waals surface area (Å²) in [6.45, 7) is 17.0. The van der Waals surface area contributed by atoms with E-state index >= 15 is 0 Å². The van der Waals surface area contributed by atoms with E-state index in [0.29, 0.717) is 43.4 Å². The van der Waals surface area contributed by atoms with Crippen molar-refractivity contribution >= 4 is 35.8 Å². The minimum absolute atomic E-state index is 0.0307. The molecule has 470 valence electrons.